The maximum atomic E-state index is 12.0. The minimum absolute atomic E-state index is 0.159. The Morgan fingerprint density at radius 3 is 2.86 bits per heavy atom. The van der Waals surface area contributed by atoms with Gasteiger partial charge >= 0.3 is 0 Å². The lowest BCUT2D eigenvalue weighted by molar-refractivity contribution is -0.120. The Balaban J connectivity index is 1.55. The number of carbonyl (C=O) groups excluding carboxylic acids is 1. The van der Waals surface area contributed by atoms with Crippen LogP contribution in [0.1, 0.15) is 56.6 Å². The zero-order valence-electron chi connectivity index (χ0n) is 12.2. The van der Waals surface area contributed by atoms with E-state index in [-0.39, 0.29) is 12.3 Å². The lowest BCUT2D eigenvalue weighted by Gasteiger charge is -2.20. The van der Waals surface area contributed by atoms with Gasteiger partial charge in [-0.2, -0.15) is 5.10 Å². The van der Waals surface area contributed by atoms with Crippen molar-refractivity contribution in [2.75, 3.05) is 18.5 Å². The molecule has 0 bridgehead atoms. The molecule has 0 unspecified atom stereocenters. The zero-order valence-corrected chi connectivity index (χ0v) is 12.2. The van der Waals surface area contributed by atoms with Crippen LogP contribution in [0.4, 0.5) is 5.82 Å². The summed E-state index contributed by atoms with van der Waals surface area (Å²) in [6, 6.07) is 1.90. The van der Waals surface area contributed by atoms with E-state index in [1.807, 2.05) is 6.07 Å². The number of nitrogens with zero attached hydrogens (tertiary/aromatic N) is 1. The van der Waals surface area contributed by atoms with E-state index in [2.05, 4.69) is 15.5 Å². The molecule has 2 heterocycles. The maximum absolute atomic E-state index is 12.0. The van der Waals surface area contributed by atoms with E-state index in [0.29, 0.717) is 24.6 Å². The number of anilines is 1. The molecular formula is C15H23N3O3. The fourth-order valence-electron chi connectivity index (χ4n) is 3.31. The van der Waals surface area contributed by atoms with Crippen molar-refractivity contribution in [3.05, 3.63) is 11.8 Å². The highest BCUT2D eigenvalue weighted by Gasteiger charge is 2.33. The van der Waals surface area contributed by atoms with E-state index in [0.717, 1.165) is 44.6 Å². The quantitative estimate of drug-likeness (QED) is 0.791. The second-order valence-electron chi connectivity index (χ2n) is 6.25. The van der Waals surface area contributed by atoms with Gasteiger partial charge in [0.2, 0.25) is 5.91 Å². The molecular weight excluding hydrogens is 270 g/mol. The molecule has 1 aromatic rings. The smallest absolute Gasteiger partial charge is 0.228 e. The van der Waals surface area contributed by atoms with Crippen LogP contribution in [0.25, 0.3) is 0 Å². The molecule has 1 amide bonds. The third-order valence-electron chi connectivity index (χ3n) is 4.55. The molecule has 0 spiro atoms. The topological polar surface area (TPSA) is 87.2 Å². The summed E-state index contributed by atoms with van der Waals surface area (Å²) in [4.78, 5) is 12.0. The van der Waals surface area contributed by atoms with E-state index >= 15 is 0 Å². The minimum atomic E-state index is -0.816. The highest BCUT2D eigenvalue weighted by atomic mass is 16.5. The highest BCUT2D eigenvalue weighted by molar-refractivity contribution is 5.90. The maximum Gasteiger partial charge on any atom is 0.228 e. The molecule has 1 saturated carbocycles. The van der Waals surface area contributed by atoms with Crippen molar-refractivity contribution in [2.45, 2.75) is 56.5 Å². The molecule has 0 aromatic carbocycles. The summed E-state index contributed by atoms with van der Waals surface area (Å²) in [5.41, 5.74) is 0.234. The van der Waals surface area contributed by atoms with Gasteiger partial charge in [-0.15, -0.1) is 0 Å². The molecule has 6 heteroatoms. The van der Waals surface area contributed by atoms with Gasteiger partial charge in [0.05, 0.1) is 12.0 Å². The van der Waals surface area contributed by atoms with Crippen LogP contribution >= 0.6 is 0 Å². The van der Waals surface area contributed by atoms with E-state index < -0.39 is 5.60 Å². The van der Waals surface area contributed by atoms with Crippen molar-refractivity contribution in [1.29, 1.82) is 0 Å². The van der Waals surface area contributed by atoms with Crippen LogP contribution in [-0.4, -0.2) is 40.0 Å². The minimum Gasteiger partial charge on any atom is -0.389 e. The van der Waals surface area contributed by atoms with E-state index in [1.165, 1.54) is 0 Å². The number of hydrogen-bond acceptors (Lipinski definition) is 4. The van der Waals surface area contributed by atoms with Crippen LogP contribution in [0.5, 0.6) is 0 Å². The predicted molar refractivity (Wildman–Crippen MR) is 78.0 cm³/mol. The Morgan fingerprint density at radius 2 is 2.14 bits per heavy atom. The van der Waals surface area contributed by atoms with Gasteiger partial charge in [0.25, 0.3) is 0 Å². The number of H-pyrrole nitrogens is 1. The average Bonchev–Trinajstić information content (AvgIpc) is 3.09. The monoisotopic (exact) mass is 293 g/mol. The number of nitrogens with one attached hydrogen (secondary N) is 2. The molecule has 1 aromatic heterocycles. The number of amides is 1. The lowest BCUT2D eigenvalue weighted by Crippen LogP contribution is -2.30. The van der Waals surface area contributed by atoms with Crippen LogP contribution in [0.15, 0.2) is 6.07 Å². The molecule has 2 fully saturated rings. The van der Waals surface area contributed by atoms with Crippen molar-refractivity contribution in [3.63, 3.8) is 0 Å². The number of carbonyl (C=O) groups is 1. The van der Waals surface area contributed by atoms with E-state index in [9.17, 15) is 9.90 Å². The van der Waals surface area contributed by atoms with Gasteiger partial charge in [-0.05, 0) is 25.7 Å². The summed E-state index contributed by atoms with van der Waals surface area (Å²) in [7, 11) is 0. The molecule has 1 aliphatic carbocycles. The Labute approximate surface area is 124 Å². The van der Waals surface area contributed by atoms with Crippen molar-refractivity contribution >= 4 is 11.7 Å². The summed E-state index contributed by atoms with van der Waals surface area (Å²) in [6.45, 7) is 1.55. The van der Waals surface area contributed by atoms with Gasteiger partial charge in [-0.1, -0.05) is 12.8 Å². The SMILES string of the molecule is O=C(CC1(O)CCCC1)Nc1cc(C2CCOCC2)[nH]n1. The first kappa shape index (κ1) is 14.5. The van der Waals surface area contributed by atoms with Gasteiger partial charge in [0.1, 0.15) is 0 Å². The number of rotatable bonds is 4. The highest BCUT2D eigenvalue weighted by Crippen LogP contribution is 2.32. The largest absolute Gasteiger partial charge is 0.389 e. The standard InChI is InChI=1S/C15H23N3O3/c19-14(10-15(20)5-1-2-6-15)16-13-9-12(17-18-13)11-3-7-21-8-4-11/h9,11,20H,1-8,10H2,(H2,16,17,18,19). The Bertz CT molecular complexity index is 488. The third-order valence-corrected chi connectivity index (χ3v) is 4.55. The van der Waals surface area contributed by atoms with Crippen LogP contribution < -0.4 is 5.32 Å². The van der Waals surface area contributed by atoms with Gasteiger partial charge in [-0.25, -0.2) is 0 Å². The van der Waals surface area contributed by atoms with Crippen LogP contribution in [0.3, 0.4) is 0 Å². The summed E-state index contributed by atoms with van der Waals surface area (Å²) >= 11 is 0. The van der Waals surface area contributed by atoms with E-state index in [4.69, 9.17) is 4.74 Å². The molecule has 1 aliphatic heterocycles. The summed E-state index contributed by atoms with van der Waals surface area (Å²) < 4.78 is 5.35. The van der Waals surface area contributed by atoms with Gasteiger partial charge in [-0.3, -0.25) is 9.89 Å². The Kier molecular flexibility index (Phi) is 4.26. The molecule has 116 valence electrons. The lowest BCUT2D eigenvalue weighted by atomic mass is 9.96. The normalized spacial score (nSPS) is 22.3. The van der Waals surface area contributed by atoms with Crippen LogP contribution in [-0.2, 0) is 9.53 Å². The first-order valence-electron chi connectivity index (χ1n) is 7.80. The van der Waals surface area contributed by atoms with E-state index in [1.54, 1.807) is 0 Å². The third kappa shape index (κ3) is 3.63. The van der Waals surface area contributed by atoms with Crippen molar-refractivity contribution < 1.29 is 14.6 Å². The van der Waals surface area contributed by atoms with Gasteiger partial charge in [0, 0.05) is 30.9 Å². The number of aliphatic hydroxyl groups is 1. The second kappa shape index (κ2) is 6.15. The molecule has 6 nitrogen and oxygen atoms in total. The molecule has 0 radical (unpaired) electrons. The first-order valence-corrected chi connectivity index (χ1v) is 7.80. The number of aromatic nitrogens is 2. The van der Waals surface area contributed by atoms with Crippen molar-refractivity contribution in [2.24, 2.45) is 0 Å². The van der Waals surface area contributed by atoms with Crippen LogP contribution in [0.2, 0.25) is 0 Å². The molecule has 0 atom stereocenters. The summed E-state index contributed by atoms with van der Waals surface area (Å²) in [5, 5.41) is 20.2. The fourth-order valence-corrected chi connectivity index (χ4v) is 3.31. The van der Waals surface area contributed by atoms with Gasteiger partial charge < -0.3 is 15.2 Å². The number of hydrogen-bond donors (Lipinski definition) is 3. The Hall–Kier alpha value is -1.40. The predicted octanol–water partition coefficient (Wildman–Crippen LogP) is 1.94. The average molecular weight is 293 g/mol. The summed E-state index contributed by atoms with van der Waals surface area (Å²) in [6.07, 6.45) is 5.56. The fraction of sp³-hybridized carbons (Fsp3) is 0.733. The summed E-state index contributed by atoms with van der Waals surface area (Å²) in [5.74, 6) is 0.809. The zero-order chi connectivity index (χ0) is 14.7. The molecule has 1 saturated heterocycles. The number of aromatic amines is 1. The molecule has 3 N–H and O–H groups in total. The first-order chi connectivity index (χ1) is 10.1. The van der Waals surface area contributed by atoms with Gasteiger partial charge in [0.15, 0.2) is 5.82 Å². The molecule has 21 heavy (non-hydrogen) atoms. The van der Waals surface area contributed by atoms with Crippen LogP contribution in [0, 0.1) is 0 Å². The second-order valence-corrected chi connectivity index (χ2v) is 6.25. The molecule has 2 aliphatic rings. The van der Waals surface area contributed by atoms with Crippen molar-refractivity contribution in [3.8, 4) is 0 Å². The number of ether oxygens (including phenoxy) is 1. The Morgan fingerprint density at radius 1 is 1.43 bits per heavy atom. The molecule has 3 rings (SSSR count). The van der Waals surface area contributed by atoms with Crippen molar-refractivity contribution in [1.82, 2.24) is 10.2 Å².